The summed E-state index contributed by atoms with van der Waals surface area (Å²) in [6, 6.07) is 15.8. The largest absolute Gasteiger partial charge is 0.484 e. The summed E-state index contributed by atoms with van der Waals surface area (Å²) < 4.78 is 5.57. The number of benzene rings is 2. The van der Waals surface area contributed by atoms with Crippen LogP contribution >= 0.6 is 11.3 Å². The Morgan fingerprint density at radius 1 is 1.11 bits per heavy atom. The second kappa shape index (κ2) is 8.44. The summed E-state index contributed by atoms with van der Waals surface area (Å²) in [5.41, 5.74) is 1.25. The Hall–Kier alpha value is -2.86. The number of amides is 2. The number of fused-ring (bicyclic) bond motifs is 2. The van der Waals surface area contributed by atoms with Gasteiger partial charge in [0.05, 0.1) is 0 Å². The molecule has 3 aromatic rings. The molecule has 1 aliphatic heterocycles. The van der Waals surface area contributed by atoms with Crippen LogP contribution < -0.4 is 10.1 Å². The van der Waals surface area contributed by atoms with Crippen LogP contribution in [0.1, 0.15) is 16.9 Å². The number of hydrogen-bond acceptors (Lipinski definition) is 4. The quantitative estimate of drug-likeness (QED) is 0.697. The maximum absolute atomic E-state index is 12.4. The highest BCUT2D eigenvalue weighted by Crippen LogP contribution is 2.24. The van der Waals surface area contributed by atoms with Gasteiger partial charge in [-0.15, -0.1) is 11.3 Å². The first kappa shape index (κ1) is 18.5. The van der Waals surface area contributed by atoms with Crippen molar-refractivity contribution in [2.45, 2.75) is 19.4 Å². The van der Waals surface area contributed by atoms with Gasteiger partial charge < -0.3 is 15.0 Å². The Morgan fingerprint density at radius 2 is 1.96 bits per heavy atom. The van der Waals surface area contributed by atoms with Crippen LogP contribution in [-0.2, 0) is 22.6 Å². The van der Waals surface area contributed by atoms with Crippen LogP contribution in [0.25, 0.3) is 10.8 Å². The highest BCUT2D eigenvalue weighted by Gasteiger charge is 2.21. The molecule has 2 heterocycles. The van der Waals surface area contributed by atoms with E-state index >= 15 is 0 Å². The Balaban J connectivity index is 1.20. The average Bonchev–Trinajstić information content (AvgIpc) is 3.20. The van der Waals surface area contributed by atoms with E-state index in [2.05, 4.69) is 16.8 Å². The molecule has 0 aliphatic carbocycles. The standard InChI is InChI=1S/C22H22N2O3S/c25-21(15-27-19-6-5-16-3-1-2-4-17(16)13-19)23-10-7-22(26)24-11-8-20-18(14-24)9-12-28-20/h1-6,9,12-13H,7-8,10-11,14-15H2,(H,23,25). The highest BCUT2D eigenvalue weighted by atomic mass is 32.1. The Bertz CT molecular complexity index is 998. The predicted octanol–water partition coefficient (Wildman–Crippen LogP) is 3.37. The number of carbonyl (C=O) groups is 2. The first-order valence-electron chi connectivity index (χ1n) is 9.40. The molecule has 6 heteroatoms. The molecule has 4 rings (SSSR count). The Kier molecular flexibility index (Phi) is 5.58. The Morgan fingerprint density at radius 3 is 2.86 bits per heavy atom. The van der Waals surface area contributed by atoms with Crippen molar-refractivity contribution in [2.24, 2.45) is 0 Å². The van der Waals surface area contributed by atoms with Crippen LogP contribution in [0.2, 0.25) is 0 Å². The third kappa shape index (κ3) is 4.34. The monoisotopic (exact) mass is 394 g/mol. The minimum absolute atomic E-state index is 0.0610. The van der Waals surface area contributed by atoms with Crippen molar-refractivity contribution in [3.63, 3.8) is 0 Å². The zero-order chi connectivity index (χ0) is 19.3. The van der Waals surface area contributed by atoms with Crippen molar-refractivity contribution >= 4 is 33.9 Å². The van der Waals surface area contributed by atoms with Crippen molar-refractivity contribution in [1.82, 2.24) is 10.2 Å². The van der Waals surface area contributed by atoms with Crippen molar-refractivity contribution in [3.05, 3.63) is 64.4 Å². The highest BCUT2D eigenvalue weighted by molar-refractivity contribution is 7.10. The van der Waals surface area contributed by atoms with Gasteiger partial charge in [0, 0.05) is 30.9 Å². The van der Waals surface area contributed by atoms with E-state index in [4.69, 9.17) is 4.74 Å². The molecule has 2 amide bonds. The van der Waals surface area contributed by atoms with Gasteiger partial charge in [-0.2, -0.15) is 0 Å². The smallest absolute Gasteiger partial charge is 0.257 e. The van der Waals surface area contributed by atoms with E-state index in [1.165, 1.54) is 10.4 Å². The van der Waals surface area contributed by atoms with E-state index < -0.39 is 0 Å². The summed E-state index contributed by atoms with van der Waals surface area (Å²) in [5.74, 6) is 0.511. The lowest BCUT2D eigenvalue weighted by molar-refractivity contribution is -0.132. The second-order valence-corrected chi connectivity index (χ2v) is 7.83. The van der Waals surface area contributed by atoms with Crippen LogP contribution in [0.15, 0.2) is 53.9 Å². The van der Waals surface area contributed by atoms with Crippen LogP contribution in [0.3, 0.4) is 0 Å². The summed E-state index contributed by atoms with van der Waals surface area (Å²) in [5, 5.41) is 7.04. The molecule has 0 unspecified atom stereocenters. The van der Waals surface area contributed by atoms with Gasteiger partial charge in [-0.3, -0.25) is 9.59 Å². The number of rotatable bonds is 6. The zero-order valence-electron chi connectivity index (χ0n) is 15.5. The molecule has 5 nitrogen and oxygen atoms in total. The van der Waals surface area contributed by atoms with E-state index in [9.17, 15) is 9.59 Å². The minimum atomic E-state index is -0.222. The fraction of sp³-hybridized carbons (Fsp3) is 0.273. The molecule has 0 atom stereocenters. The molecule has 2 aromatic carbocycles. The molecule has 1 aliphatic rings. The molecular weight excluding hydrogens is 372 g/mol. The molecule has 0 saturated heterocycles. The number of thiophene rings is 1. The van der Waals surface area contributed by atoms with Crippen molar-refractivity contribution < 1.29 is 14.3 Å². The van der Waals surface area contributed by atoms with Crippen molar-refractivity contribution in [3.8, 4) is 5.75 Å². The zero-order valence-corrected chi connectivity index (χ0v) is 16.3. The Labute approximate surface area is 167 Å². The fourth-order valence-electron chi connectivity index (χ4n) is 3.39. The first-order valence-corrected chi connectivity index (χ1v) is 10.3. The normalized spacial score (nSPS) is 13.2. The molecule has 0 spiro atoms. The van der Waals surface area contributed by atoms with Gasteiger partial charge in [0.2, 0.25) is 5.91 Å². The summed E-state index contributed by atoms with van der Waals surface area (Å²) in [4.78, 5) is 27.6. The van der Waals surface area contributed by atoms with Gasteiger partial charge in [0.1, 0.15) is 5.75 Å². The summed E-state index contributed by atoms with van der Waals surface area (Å²) in [7, 11) is 0. The third-order valence-electron chi connectivity index (χ3n) is 4.91. The predicted molar refractivity (Wildman–Crippen MR) is 111 cm³/mol. The summed E-state index contributed by atoms with van der Waals surface area (Å²) >= 11 is 1.76. The average molecular weight is 394 g/mol. The van der Waals surface area contributed by atoms with E-state index in [-0.39, 0.29) is 18.4 Å². The van der Waals surface area contributed by atoms with Gasteiger partial charge in [-0.05, 0) is 46.3 Å². The summed E-state index contributed by atoms with van der Waals surface area (Å²) in [6.07, 6.45) is 1.23. The second-order valence-electron chi connectivity index (χ2n) is 6.83. The lowest BCUT2D eigenvalue weighted by Gasteiger charge is -2.27. The molecule has 0 fully saturated rings. The van der Waals surface area contributed by atoms with Crippen LogP contribution in [0, 0.1) is 0 Å². The number of hydrogen-bond donors (Lipinski definition) is 1. The molecule has 144 valence electrons. The molecule has 28 heavy (non-hydrogen) atoms. The van der Waals surface area contributed by atoms with E-state index in [1.807, 2.05) is 47.4 Å². The lowest BCUT2D eigenvalue weighted by Crippen LogP contribution is -2.38. The van der Waals surface area contributed by atoms with Gasteiger partial charge >= 0.3 is 0 Å². The first-order chi connectivity index (χ1) is 13.7. The fourth-order valence-corrected chi connectivity index (χ4v) is 4.28. The third-order valence-corrected chi connectivity index (χ3v) is 5.94. The molecule has 0 bridgehead atoms. The van der Waals surface area contributed by atoms with Crippen molar-refractivity contribution in [2.75, 3.05) is 19.7 Å². The molecular formula is C22H22N2O3S. The van der Waals surface area contributed by atoms with E-state index in [0.717, 1.165) is 23.7 Å². The SMILES string of the molecule is O=C(COc1ccc2ccccc2c1)NCCC(=O)N1CCc2sccc2C1. The maximum atomic E-state index is 12.4. The van der Waals surface area contributed by atoms with Crippen LogP contribution in [0.4, 0.5) is 0 Å². The van der Waals surface area contributed by atoms with Crippen LogP contribution in [-0.4, -0.2) is 36.4 Å². The van der Waals surface area contributed by atoms with Gasteiger partial charge in [-0.25, -0.2) is 0 Å². The summed E-state index contributed by atoms with van der Waals surface area (Å²) in [6.45, 7) is 1.70. The molecule has 0 radical (unpaired) electrons. The molecule has 0 saturated carbocycles. The van der Waals surface area contributed by atoms with Crippen LogP contribution in [0.5, 0.6) is 5.75 Å². The number of ether oxygens (including phenoxy) is 1. The van der Waals surface area contributed by atoms with E-state index in [0.29, 0.717) is 25.3 Å². The van der Waals surface area contributed by atoms with Crippen molar-refractivity contribution in [1.29, 1.82) is 0 Å². The maximum Gasteiger partial charge on any atom is 0.257 e. The number of nitrogens with zero attached hydrogens (tertiary/aromatic N) is 1. The number of nitrogens with one attached hydrogen (secondary N) is 1. The topological polar surface area (TPSA) is 58.6 Å². The van der Waals surface area contributed by atoms with Gasteiger partial charge in [-0.1, -0.05) is 30.3 Å². The van der Waals surface area contributed by atoms with Gasteiger partial charge in [0.15, 0.2) is 6.61 Å². The number of carbonyl (C=O) groups excluding carboxylic acids is 2. The molecule has 1 N–H and O–H groups in total. The minimum Gasteiger partial charge on any atom is -0.484 e. The van der Waals surface area contributed by atoms with E-state index in [1.54, 1.807) is 11.3 Å². The molecule has 1 aromatic heterocycles. The lowest BCUT2D eigenvalue weighted by atomic mass is 10.1. The van der Waals surface area contributed by atoms with Gasteiger partial charge in [0.25, 0.3) is 5.91 Å².